The molecule has 0 aromatic heterocycles. The lowest BCUT2D eigenvalue weighted by Crippen LogP contribution is -2.99. The lowest BCUT2D eigenvalue weighted by Gasteiger charge is -2.20. The molecule has 0 amide bonds. The van der Waals surface area contributed by atoms with Crippen molar-refractivity contribution in [2.75, 3.05) is 0 Å². The quantitative estimate of drug-likeness (QED) is 0.470. The Morgan fingerprint density at radius 1 is 1.31 bits per heavy atom. The van der Waals surface area contributed by atoms with Crippen LogP contribution in [0, 0.1) is 0 Å². The Balaban J connectivity index is 4.09. The SMILES string of the molecule is CCC[C@H]([NH2+][C@H](C)C(=O)[O-])C(=O)[O-]. The van der Waals surface area contributed by atoms with Gasteiger partial charge in [-0.3, -0.25) is 0 Å². The first kappa shape index (κ1) is 11.9. The van der Waals surface area contributed by atoms with Crippen molar-refractivity contribution in [1.29, 1.82) is 0 Å². The van der Waals surface area contributed by atoms with Crippen molar-refractivity contribution in [3.63, 3.8) is 0 Å². The van der Waals surface area contributed by atoms with Crippen molar-refractivity contribution in [1.82, 2.24) is 0 Å². The molecule has 5 nitrogen and oxygen atoms in total. The third-order valence-electron chi connectivity index (χ3n) is 1.80. The molecular weight excluding hydrogens is 174 g/mol. The molecule has 0 rings (SSSR count). The second-order valence-electron chi connectivity index (χ2n) is 3.01. The Morgan fingerprint density at radius 2 is 1.85 bits per heavy atom. The lowest BCUT2D eigenvalue weighted by molar-refractivity contribution is -0.707. The summed E-state index contributed by atoms with van der Waals surface area (Å²) in [5.41, 5.74) is 0. The van der Waals surface area contributed by atoms with Gasteiger partial charge in [-0.05, 0) is 6.92 Å². The van der Waals surface area contributed by atoms with Crippen LogP contribution in [0.5, 0.6) is 0 Å². The van der Waals surface area contributed by atoms with Crippen LogP contribution in [-0.2, 0) is 9.59 Å². The summed E-state index contributed by atoms with van der Waals surface area (Å²) >= 11 is 0. The van der Waals surface area contributed by atoms with Crippen LogP contribution in [0.2, 0.25) is 0 Å². The summed E-state index contributed by atoms with van der Waals surface area (Å²) in [6, 6.07) is -1.65. The summed E-state index contributed by atoms with van der Waals surface area (Å²) in [5.74, 6) is -2.49. The highest BCUT2D eigenvalue weighted by atomic mass is 16.4. The number of carbonyl (C=O) groups is 2. The maximum Gasteiger partial charge on any atom is 0.126 e. The van der Waals surface area contributed by atoms with Gasteiger partial charge >= 0.3 is 0 Å². The van der Waals surface area contributed by atoms with Crippen LogP contribution in [0.1, 0.15) is 26.7 Å². The molecule has 0 bridgehead atoms. The Bertz CT molecular complexity index is 193. The van der Waals surface area contributed by atoms with E-state index in [1.54, 1.807) is 0 Å². The highest BCUT2D eigenvalue weighted by Gasteiger charge is 2.16. The van der Waals surface area contributed by atoms with Gasteiger partial charge in [0, 0.05) is 6.42 Å². The Labute approximate surface area is 76.8 Å². The van der Waals surface area contributed by atoms with Crippen LogP contribution in [0.3, 0.4) is 0 Å². The predicted octanol–water partition coefficient (Wildman–Crippen LogP) is -3.39. The smallest absolute Gasteiger partial charge is 0.126 e. The van der Waals surface area contributed by atoms with Gasteiger partial charge in [0.2, 0.25) is 0 Å². The summed E-state index contributed by atoms with van der Waals surface area (Å²) in [6.45, 7) is 3.22. The van der Waals surface area contributed by atoms with Gasteiger partial charge in [0.25, 0.3) is 0 Å². The first-order chi connectivity index (χ1) is 5.99. The molecule has 0 aliphatic heterocycles. The van der Waals surface area contributed by atoms with Gasteiger partial charge in [0.1, 0.15) is 12.1 Å². The second-order valence-corrected chi connectivity index (χ2v) is 3.01. The first-order valence-corrected chi connectivity index (χ1v) is 4.25. The number of quaternary nitrogens is 1. The minimum absolute atomic E-state index is 0.403. The number of carboxylic acids is 2. The minimum atomic E-state index is -1.26. The van der Waals surface area contributed by atoms with Gasteiger partial charge in [-0.1, -0.05) is 13.3 Å². The molecule has 0 heterocycles. The molecule has 2 atom stereocenters. The van der Waals surface area contributed by atoms with E-state index in [1.165, 1.54) is 12.2 Å². The second kappa shape index (κ2) is 5.53. The standard InChI is InChI=1S/C8H15NO4/c1-3-4-6(8(12)13)9-5(2)7(10)11/h5-6,9H,3-4H2,1-2H3,(H,10,11)(H,12,13)/p-1/t5-,6+/m1/s1. The number of hydrogen-bond acceptors (Lipinski definition) is 4. The van der Waals surface area contributed by atoms with E-state index in [0.717, 1.165) is 0 Å². The predicted molar refractivity (Wildman–Crippen MR) is 40.1 cm³/mol. The molecule has 0 unspecified atom stereocenters. The molecule has 0 aromatic rings. The zero-order valence-corrected chi connectivity index (χ0v) is 7.78. The van der Waals surface area contributed by atoms with Crippen molar-refractivity contribution >= 4 is 11.9 Å². The van der Waals surface area contributed by atoms with E-state index < -0.39 is 24.0 Å². The van der Waals surface area contributed by atoms with Crippen LogP contribution >= 0.6 is 0 Å². The zero-order chi connectivity index (χ0) is 10.4. The number of nitrogens with two attached hydrogens (primary N) is 1. The topological polar surface area (TPSA) is 96.9 Å². The van der Waals surface area contributed by atoms with Crippen LogP contribution in [-0.4, -0.2) is 24.0 Å². The molecule has 0 saturated heterocycles. The van der Waals surface area contributed by atoms with Gasteiger partial charge in [0.05, 0.1) is 11.9 Å². The molecule has 13 heavy (non-hydrogen) atoms. The number of rotatable bonds is 6. The normalized spacial score (nSPS) is 14.9. The van der Waals surface area contributed by atoms with E-state index in [0.29, 0.717) is 12.8 Å². The molecule has 0 spiro atoms. The van der Waals surface area contributed by atoms with Gasteiger partial charge in [0.15, 0.2) is 0 Å². The molecule has 0 radical (unpaired) electrons. The van der Waals surface area contributed by atoms with Crippen molar-refractivity contribution in [3.8, 4) is 0 Å². The maximum atomic E-state index is 10.5. The largest absolute Gasteiger partial charge is 0.544 e. The molecular formula is C8H14NO4-. The summed E-state index contributed by atoms with van der Waals surface area (Å²) in [4.78, 5) is 20.8. The summed E-state index contributed by atoms with van der Waals surface area (Å²) in [5, 5.41) is 22.0. The number of carbonyl (C=O) groups excluding carboxylic acids is 2. The van der Waals surface area contributed by atoms with E-state index in [1.807, 2.05) is 6.92 Å². The number of aliphatic carboxylic acids is 2. The monoisotopic (exact) mass is 188 g/mol. The van der Waals surface area contributed by atoms with E-state index in [-0.39, 0.29) is 0 Å². The minimum Gasteiger partial charge on any atom is -0.544 e. The van der Waals surface area contributed by atoms with Gasteiger partial charge in [-0.15, -0.1) is 0 Å². The third-order valence-corrected chi connectivity index (χ3v) is 1.80. The van der Waals surface area contributed by atoms with Crippen LogP contribution < -0.4 is 15.5 Å². The fourth-order valence-electron chi connectivity index (χ4n) is 1.03. The molecule has 0 aliphatic carbocycles. The number of hydrogen-bond donors (Lipinski definition) is 1. The fraction of sp³-hybridized carbons (Fsp3) is 0.750. The van der Waals surface area contributed by atoms with Crippen molar-refractivity contribution < 1.29 is 25.1 Å². The average molecular weight is 188 g/mol. The first-order valence-electron chi connectivity index (χ1n) is 4.25. The molecule has 2 N–H and O–H groups in total. The van der Waals surface area contributed by atoms with Crippen molar-refractivity contribution in [2.24, 2.45) is 0 Å². The van der Waals surface area contributed by atoms with Crippen molar-refractivity contribution in [2.45, 2.75) is 38.8 Å². The van der Waals surface area contributed by atoms with Crippen LogP contribution in [0.15, 0.2) is 0 Å². The Kier molecular flexibility index (Phi) is 5.06. The average Bonchev–Trinajstić information content (AvgIpc) is 2.03. The van der Waals surface area contributed by atoms with Gasteiger partial charge < -0.3 is 25.1 Å². The molecule has 0 aliphatic rings. The highest BCUT2D eigenvalue weighted by Crippen LogP contribution is 1.90. The van der Waals surface area contributed by atoms with E-state index in [4.69, 9.17) is 0 Å². The molecule has 5 heteroatoms. The van der Waals surface area contributed by atoms with Crippen molar-refractivity contribution in [3.05, 3.63) is 0 Å². The summed E-state index contributed by atoms with van der Waals surface area (Å²) in [6.07, 6.45) is 1.08. The van der Waals surface area contributed by atoms with Crippen LogP contribution in [0.4, 0.5) is 0 Å². The van der Waals surface area contributed by atoms with Gasteiger partial charge in [-0.25, -0.2) is 0 Å². The Morgan fingerprint density at radius 3 is 2.15 bits per heavy atom. The van der Waals surface area contributed by atoms with E-state index >= 15 is 0 Å². The van der Waals surface area contributed by atoms with E-state index in [9.17, 15) is 19.8 Å². The molecule has 76 valence electrons. The zero-order valence-electron chi connectivity index (χ0n) is 7.78. The lowest BCUT2D eigenvalue weighted by atomic mass is 10.1. The van der Waals surface area contributed by atoms with Gasteiger partial charge in [-0.2, -0.15) is 0 Å². The Hall–Kier alpha value is -1.10. The number of carboxylic acid groups (broad SMARTS) is 2. The highest BCUT2D eigenvalue weighted by molar-refractivity contribution is 5.71. The summed E-state index contributed by atoms with van der Waals surface area (Å²) in [7, 11) is 0. The summed E-state index contributed by atoms with van der Waals surface area (Å²) < 4.78 is 0. The molecule has 0 fully saturated rings. The van der Waals surface area contributed by atoms with Crippen LogP contribution in [0.25, 0.3) is 0 Å². The molecule has 0 saturated carbocycles. The maximum absolute atomic E-state index is 10.5. The molecule has 0 aromatic carbocycles. The third kappa shape index (κ3) is 4.47. The fourth-order valence-corrected chi connectivity index (χ4v) is 1.03. The van der Waals surface area contributed by atoms with E-state index in [2.05, 4.69) is 0 Å².